The van der Waals surface area contributed by atoms with Gasteiger partial charge in [0.05, 0.1) is 4.90 Å². The number of nitrogens with one attached hydrogen (secondary N) is 3. The first-order valence-electron chi connectivity index (χ1n) is 13.3. The topological polar surface area (TPSA) is 104 Å². The van der Waals surface area contributed by atoms with Crippen LogP contribution in [-0.4, -0.2) is 36.4 Å². The Kier molecular flexibility index (Phi) is 7.80. The molecule has 0 spiro atoms. The van der Waals surface area contributed by atoms with E-state index < -0.39 is 15.6 Å². The molecule has 204 valence electrons. The number of halogens is 1. The highest BCUT2D eigenvalue weighted by Crippen LogP contribution is 2.38. The Morgan fingerprint density at radius 1 is 1.05 bits per heavy atom. The van der Waals surface area contributed by atoms with Crippen LogP contribution in [-0.2, 0) is 26.7 Å². The van der Waals surface area contributed by atoms with Gasteiger partial charge in [0.25, 0.3) is 0 Å². The van der Waals surface area contributed by atoms with Gasteiger partial charge in [-0.1, -0.05) is 61.2 Å². The van der Waals surface area contributed by atoms with Gasteiger partial charge in [0.15, 0.2) is 0 Å². The van der Waals surface area contributed by atoms with Gasteiger partial charge in [-0.05, 0) is 61.7 Å². The van der Waals surface area contributed by atoms with Crippen molar-refractivity contribution < 1.29 is 13.2 Å². The molecular weight excluding hydrogens is 532 g/mol. The van der Waals surface area contributed by atoms with Crippen LogP contribution >= 0.6 is 11.6 Å². The van der Waals surface area contributed by atoms with Crippen LogP contribution in [0.2, 0.25) is 5.02 Å². The molecule has 7 nitrogen and oxygen atoms in total. The predicted octanol–water partition coefficient (Wildman–Crippen LogP) is 5.51. The second-order valence-corrected chi connectivity index (χ2v) is 12.8. The summed E-state index contributed by atoms with van der Waals surface area (Å²) in [6, 6.07) is 19.7. The fourth-order valence-electron chi connectivity index (χ4n) is 5.68. The molecule has 9 heteroatoms. The molecule has 0 radical (unpaired) electrons. The van der Waals surface area contributed by atoms with E-state index in [1.54, 1.807) is 25.3 Å². The molecule has 5 rings (SSSR count). The van der Waals surface area contributed by atoms with Gasteiger partial charge in [0.1, 0.15) is 5.54 Å². The number of H-pyrrole nitrogens is 1. The first kappa shape index (κ1) is 27.4. The summed E-state index contributed by atoms with van der Waals surface area (Å²) >= 11 is 6.09. The van der Waals surface area contributed by atoms with Crippen LogP contribution in [0.1, 0.15) is 50.3 Å². The van der Waals surface area contributed by atoms with Gasteiger partial charge in [-0.3, -0.25) is 9.78 Å². The van der Waals surface area contributed by atoms with Crippen molar-refractivity contribution in [3.05, 3.63) is 95.4 Å². The number of pyridine rings is 1. The Morgan fingerprint density at radius 2 is 1.82 bits per heavy atom. The zero-order valence-corrected chi connectivity index (χ0v) is 23.5. The maximum atomic E-state index is 14.0. The third kappa shape index (κ3) is 5.88. The quantitative estimate of drug-likeness (QED) is 0.249. The second kappa shape index (κ2) is 11.1. The van der Waals surface area contributed by atoms with Gasteiger partial charge in [0, 0.05) is 52.4 Å². The number of amides is 1. The van der Waals surface area contributed by atoms with E-state index >= 15 is 0 Å². The molecule has 1 aliphatic rings. The van der Waals surface area contributed by atoms with Crippen LogP contribution in [0.4, 0.5) is 0 Å². The number of nitrogens with zero attached hydrogens (tertiary/aromatic N) is 1. The number of aromatic amines is 1. The maximum Gasteiger partial charge on any atom is 0.241 e. The molecule has 2 aromatic carbocycles. The first-order chi connectivity index (χ1) is 18.7. The number of sulfonamides is 1. The van der Waals surface area contributed by atoms with E-state index in [1.165, 1.54) is 12.1 Å². The Labute approximate surface area is 234 Å². The molecule has 0 bridgehead atoms. The van der Waals surface area contributed by atoms with E-state index in [2.05, 4.69) is 20.0 Å². The highest BCUT2D eigenvalue weighted by atomic mass is 35.5. The lowest BCUT2D eigenvalue weighted by Crippen LogP contribution is -2.59. The second-order valence-electron chi connectivity index (χ2n) is 10.7. The molecule has 2 heterocycles. The lowest BCUT2D eigenvalue weighted by atomic mass is 9.71. The van der Waals surface area contributed by atoms with E-state index in [9.17, 15) is 13.2 Å². The van der Waals surface area contributed by atoms with Crippen molar-refractivity contribution in [2.45, 2.75) is 61.3 Å². The largest absolute Gasteiger partial charge is 0.361 e. The summed E-state index contributed by atoms with van der Waals surface area (Å²) in [5, 5.41) is 4.38. The molecule has 0 saturated heterocycles. The minimum absolute atomic E-state index is 0.00480. The van der Waals surface area contributed by atoms with E-state index in [0.29, 0.717) is 11.6 Å². The minimum atomic E-state index is -4.07. The molecule has 0 unspecified atom stereocenters. The molecule has 1 aliphatic carbocycles. The number of rotatable bonds is 9. The molecule has 0 aliphatic heterocycles. The van der Waals surface area contributed by atoms with Crippen LogP contribution < -0.4 is 10.0 Å². The first-order valence-corrected chi connectivity index (χ1v) is 15.1. The summed E-state index contributed by atoms with van der Waals surface area (Å²) in [5.41, 5.74) is 0.954. The molecule has 39 heavy (non-hydrogen) atoms. The zero-order valence-electron chi connectivity index (χ0n) is 21.9. The zero-order chi connectivity index (χ0) is 27.5. The van der Waals surface area contributed by atoms with Crippen molar-refractivity contribution in [3.63, 3.8) is 0 Å². The van der Waals surface area contributed by atoms with Crippen molar-refractivity contribution in [1.29, 1.82) is 0 Å². The van der Waals surface area contributed by atoms with Crippen LogP contribution in [0.25, 0.3) is 10.9 Å². The fourth-order valence-corrected chi connectivity index (χ4v) is 7.35. The van der Waals surface area contributed by atoms with Crippen molar-refractivity contribution in [2.24, 2.45) is 0 Å². The maximum absolute atomic E-state index is 14.0. The van der Waals surface area contributed by atoms with Gasteiger partial charge in [0.2, 0.25) is 15.9 Å². The van der Waals surface area contributed by atoms with Crippen LogP contribution in [0, 0.1) is 0 Å². The lowest BCUT2D eigenvalue weighted by molar-refractivity contribution is -0.126. The minimum Gasteiger partial charge on any atom is -0.361 e. The third-order valence-electron chi connectivity index (χ3n) is 7.79. The van der Waals surface area contributed by atoms with Crippen molar-refractivity contribution >= 4 is 38.4 Å². The fraction of sp³-hybridized carbons (Fsp3) is 0.333. The number of hydrogen-bond donors (Lipinski definition) is 3. The average molecular weight is 565 g/mol. The summed E-state index contributed by atoms with van der Waals surface area (Å²) in [6.45, 7) is 2.02. The molecule has 2 aromatic heterocycles. The molecular formula is C30H33ClN4O3S. The van der Waals surface area contributed by atoms with Crippen molar-refractivity contribution in [3.8, 4) is 0 Å². The van der Waals surface area contributed by atoms with Crippen molar-refractivity contribution in [1.82, 2.24) is 20.0 Å². The summed E-state index contributed by atoms with van der Waals surface area (Å²) in [5.74, 6) is -0.390. The Hall–Kier alpha value is -3.20. The van der Waals surface area contributed by atoms with Gasteiger partial charge < -0.3 is 10.3 Å². The number of carbonyl (C=O) groups excluding carboxylic acids is 1. The Morgan fingerprint density at radius 3 is 2.56 bits per heavy atom. The van der Waals surface area contributed by atoms with Gasteiger partial charge in [-0.2, -0.15) is 4.72 Å². The number of aromatic nitrogens is 2. The average Bonchev–Trinajstić information content (AvgIpc) is 3.34. The van der Waals surface area contributed by atoms with Gasteiger partial charge in [-0.25, -0.2) is 8.42 Å². The Bertz CT molecular complexity index is 1570. The number of fused-ring (bicyclic) bond motifs is 1. The van der Waals surface area contributed by atoms with Crippen LogP contribution in [0.3, 0.4) is 0 Å². The number of benzene rings is 2. The van der Waals surface area contributed by atoms with E-state index in [4.69, 9.17) is 11.6 Å². The number of para-hydroxylation sites is 1. The van der Waals surface area contributed by atoms with Crippen LogP contribution in [0.5, 0.6) is 0 Å². The number of carbonyl (C=O) groups is 1. The van der Waals surface area contributed by atoms with E-state index in [1.807, 2.05) is 48.7 Å². The molecule has 1 amide bonds. The molecule has 1 fully saturated rings. The summed E-state index contributed by atoms with van der Waals surface area (Å²) in [6.07, 6.45) is 8.87. The molecule has 4 aromatic rings. The summed E-state index contributed by atoms with van der Waals surface area (Å²) in [4.78, 5) is 21.9. The highest BCUT2D eigenvalue weighted by Gasteiger charge is 2.41. The molecule has 3 N–H and O–H groups in total. The van der Waals surface area contributed by atoms with Gasteiger partial charge >= 0.3 is 0 Å². The SMILES string of the molecule is C[C@@](Cc1c[nH]c2ccccc12)(NS(=O)(=O)c1cccc(Cl)c1)C(=O)NCC1(c2ccccn2)CCCCC1. The molecule has 1 atom stereocenters. The third-order valence-corrected chi connectivity index (χ3v) is 9.62. The highest BCUT2D eigenvalue weighted by molar-refractivity contribution is 7.89. The number of hydrogen-bond acceptors (Lipinski definition) is 4. The van der Waals surface area contributed by atoms with Gasteiger partial charge in [-0.15, -0.1) is 0 Å². The standard InChI is InChI=1S/C30H33ClN4O3S/c1-29(19-22-20-33-26-13-4-3-12-25(22)26,35-39(37,38)24-11-9-10-23(31)18-24)28(36)34-21-30(15-6-2-7-16-30)27-14-5-8-17-32-27/h3-5,8-14,17-18,20,33,35H,2,6-7,15-16,19,21H2,1H3,(H,34,36)/t29-/m0/s1. The smallest absolute Gasteiger partial charge is 0.241 e. The monoisotopic (exact) mass is 564 g/mol. The Balaban J connectivity index is 1.47. The van der Waals surface area contributed by atoms with Crippen molar-refractivity contribution in [2.75, 3.05) is 6.54 Å². The lowest BCUT2D eigenvalue weighted by Gasteiger charge is -2.38. The summed E-state index contributed by atoms with van der Waals surface area (Å²) in [7, 11) is -4.07. The normalized spacial score (nSPS) is 17.0. The van der Waals surface area contributed by atoms with E-state index in [0.717, 1.165) is 54.3 Å². The van der Waals surface area contributed by atoms with Crippen LogP contribution in [0.15, 0.2) is 84.0 Å². The molecule has 1 saturated carbocycles. The predicted molar refractivity (Wildman–Crippen MR) is 154 cm³/mol. The summed E-state index contributed by atoms with van der Waals surface area (Å²) < 4.78 is 29.8. The van der Waals surface area contributed by atoms with E-state index in [-0.39, 0.29) is 22.6 Å².